The summed E-state index contributed by atoms with van der Waals surface area (Å²) < 4.78 is 13.5. The van der Waals surface area contributed by atoms with Crippen LogP contribution in [0.4, 0.5) is 0 Å². The molecule has 2 aromatic rings. The van der Waals surface area contributed by atoms with E-state index in [4.69, 9.17) is 9.47 Å². The molecule has 5 heteroatoms. The minimum absolute atomic E-state index is 0.116. The predicted octanol–water partition coefficient (Wildman–Crippen LogP) is 3.10. The number of nitrogens with zero attached hydrogens (tertiary/aromatic N) is 2. The van der Waals surface area contributed by atoms with Gasteiger partial charge in [-0.1, -0.05) is 19.1 Å². The highest BCUT2D eigenvalue weighted by molar-refractivity contribution is 5.46. The number of para-hydroxylation sites is 1. The minimum Gasteiger partial charge on any atom is -0.493 e. The van der Waals surface area contributed by atoms with Gasteiger partial charge in [0.25, 0.3) is 0 Å². The minimum atomic E-state index is 0.116. The quantitative estimate of drug-likeness (QED) is 0.772. The Morgan fingerprint density at radius 1 is 1.26 bits per heavy atom. The maximum Gasteiger partial charge on any atom is 0.166 e. The molecule has 1 atom stereocenters. The number of hydrogen-bond donors (Lipinski definition) is 1. The number of methoxy groups -OCH3 is 1. The summed E-state index contributed by atoms with van der Waals surface area (Å²) in [5.74, 6) is 2.13. The van der Waals surface area contributed by atoms with Crippen LogP contribution in [0.1, 0.15) is 26.3 Å². The SMILES string of the molecule is COc1cccc(CNCC(C)Cn2ccnc2)c1OC(C)C. The zero-order valence-corrected chi connectivity index (χ0v) is 14.5. The van der Waals surface area contributed by atoms with E-state index in [2.05, 4.69) is 27.9 Å². The molecular weight excluding hydrogens is 290 g/mol. The van der Waals surface area contributed by atoms with Gasteiger partial charge in [-0.05, 0) is 32.4 Å². The van der Waals surface area contributed by atoms with Gasteiger partial charge in [0.2, 0.25) is 0 Å². The Kier molecular flexibility index (Phi) is 6.47. The summed E-state index contributed by atoms with van der Waals surface area (Å²) >= 11 is 0. The number of benzene rings is 1. The highest BCUT2D eigenvalue weighted by atomic mass is 16.5. The first-order chi connectivity index (χ1) is 11.1. The topological polar surface area (TPSA) is 48.3 Å². The summed E-state index contributed by atoms with van der Waals surface area (Å²) in [5, 5.41) is 3.51. The van der Waals surface area contributed by atoms with E-state index >= 15 is 0 Å². The molecule has 0 saturated heterocycles. The van der Waals surface area contributed by atoms with Crippen molar-refractivity contribution in [3.63, 3.8) is 0 Å². The summed E-state index contributed by atoms with van der Waals surface area (Å²) in [6.45, 7) is 8.92. The first kappa shape index (κ1) is 17.3. The van der Waals surface area contributed by atoms with Crippen molar-refractivity contribution in [1.82, 2.24) is 14.9 Å². The highest BCUT2D eigenvalue weighted by Gasteiger charge is 2.12. The van der Waals surface area contributed by atoms with Gasteiger partial charge < -0.3 is 19.4 Å². The third-order valence-corrected chi connectivity index (χ3v) is 3.52. The Balaban J connectivity index is 1.91. The molecule has 0 amide bonds. The van der Waals surface area contributed by atoms with Gasteiger partial charge in [0.15, 0.2) is 11.5 Å². The molecule has 0 aliphatic rings. The van der Waals surface area contributed by atoms with E-state index in [1.54, 1.807) is 7.11 Å². The lowest BCUT2D eigenvalue weighted by Gasteiger charge is -2.18. The normalized spacial score (nSPS) is 12.4. The van der Waals surface area contributed by atoms with Gasteiger partial charge in [0, 0.05) is 31.0 Å². The number of imidazole rings is 1. The lowest BCUT2D eigenvalue weighted by atomic mass is 10.1. The molecule has 1 heterocycles. The van der Waals surface area contributed by atoms with Crippen molar-refractivity contribution in [3.05, 3.63) is 42.5 Å². The lowest BCUT2D eigenvalue weighted by Crippen LogP contribution is -2.24. The molecule has 0 aliphatic carbocycles. The molecule has 1 aromatic heterocycles. The van der Waals surface area contributed by atoms with Gasteiger partial charge in [-0.2, -0.15) is 0 Å². The molecule has 1 aromatic carbocycles. The number of aromatic nitrogens is 2. The van der Waals surface area contributed by atoms with Crippen LogP contribution in [-0.4, -0.2) is 29.3 Å². The molecule has 0 fully saturated rings. The van der Waals surface area contributed by atoms with Crippen molar-refractivity contribution < 1.29 is 9.47 Å². The summed E-state index contributed by atoms with van der Waals surface area (Å²) in [7, 11) is 1.67. The van der Waals surface area contributed by atoms with Crippen LogP contribution in [-0.2, 0) is 13.1 Å². The van der Waals surface area contributed by atoms with Crippen molar-refractivity contribution in [3.8, 4) is 11.5 Å². The zero-order chi connectivity index (χ0) is 16.7. The zero-order valence-electron chi connectivity index (χ0n) is 14.5. The number of nitrogens with one attached hydrogen (secondary N) is 1. The summed E-state index contributed by atoms with van der Waals surface area (Å²) in [6.07, 6.45) is 5.77. The van der Waals surface area contributed by atoms with Crippen molar-refractivity contribution in [1.29, 1.82) is 0 Å². The van der Waals surface area contributed by atoms with Crippen LogP contribution < -0.4 is 14.8 Å². The van der Waals surface area contributed by atoms with Gasteiger partial charge >= 0.3 is 0 Å². The van der Waals surface area contributed by atoms with E-state index in [-0.39, 0.29) is 6.10 Å². The molecule has 1 unspecified atom stereocenters. The smallest absolute Gasteiger partial charge is 0.166 e. The largest absolute Gasteiger partial charge is 0.493 e. The molecule has 2 rings (SSSR count). The van der Waals surface area contributed by atoms with E-state index in [1.807, 2.05) is 44.7 Å². The van der Waals surface area contributed by atoms with Crippen LogP contribution in [0.3, 0.4) is 0 Å². The second-order valence-corrected chi connectivity index (χ2v) is 6.11. The molecule has 0 spiro atoms. The van der Waals surface area contributed by atoms with Crippen LogP contribution in [0, 0.1) is 5.92 Å². The molecule has 0 aliphatic heterocycles. The third kappa shape index (κ3) is 5.28. The summed E-state index contributed by atoms with van der Waals surface area (Å²) in [6, 6.07) is 6.01. The van der Waals surface area contributed by atoms with E-state index in [0.717, 1.165) is 36.7 Å². The maximum absolute atomic E-state index is 5.93. The molecule has 0 radical (unpaired) electrons. The molecule has 0 bridgehead atoms. The lowest BCUT2D eigenvalue weighted by molar-refractivity contribution is 0.227. The molecular formula is C18H27N3O2. The molecule has 23 heavy (non-hydrogen) atoms. The average Bonchev–Trinajstić information content (AvgIpc) is 3.01. The van der Waals surface area contributed by atoms with Gasteiger partial charge in [-0.15, -0.1) is 0 Å². The van der Waals surface area contributed by atoms with E-state index in [9.17, 15) is 0 Å². The Morgan fingerprint density at radius 3 is 2.74 bits per heavy atom. The van der Waals surface area contributed by atoms with Crippen molar-refractivity contribution in [2.45, 2.75) is 40.0 Å². The van der Waals surface area contributed by atoms with Crippen LogP contribution in [0.5, 0.6) is 11.5 Å². The monoisotopic (exact) mass is 317 g/mol. The Labute approximate surface area is 138 Å². The van der Waals surface area contributed by atoms with Crippen LogP contribution in [0.15, 0.2) is 36.9 Å². The van der Waals surface area contributed by atoms with Crippen LogP contribution >= 0.6 is 0 Å². The average molecular weight is 317 g/mol. The molecule has 0 saturated carbocycles. The summed E-state index contributed by atoms with van der Waals surface area (Å²) in [5.41, 5.74) is 1.12. The fraction of sp³-hybridized carbons (Fsp3) is 0.500. The standard InChI is InChI=1S/C18H27N3O2/c1-14(2)23-18-16(6-5-7-17(18)22-4)11-20-10-15(3)12-21-9-8-19-13-21/h5-9,13-15,20H,10-12H2,1-4H3. The van der Waals surface area contributed by atoms with E-state index < -0.39 is 0 Å². The molecule has 126 valence electrons. The van der Waals surface area contributed by atoms with Crippen LogP contribution in [0.2, 0.25) is 0 Å². The number of ether oxygens (including phenoxy) is 2. The first-order valence-corrected chi connectivity index (χ1v) is 8.09. The number of rotatable bonds is 9. The first-order valence-electron chi connectivity index (χ1n) is 8.09. The highest BCUT2D eigenvalue weighted by Crippen LogP contribution is 2.31. The Bertz CT molecular complexity index is 582. The number of hydrogen-bond acceptors (Lipinski definition) is 4. The fourth-order valence-electron chi connectivity index (χ4n) is 2.50. The van der Waals surface area contributed by atoms with Gasteiger partial charge in [-0.3, -0.25) is 0 Å². The summed E-state index contributed by atoms with van der Waals surface area (Å²) in [4.78, 5) is 4.07. The second-order valence-electron chi connectivity index (χ2n) is 6.11. The van der Waals surface area contributed by atoms with E-state index in [1.165, 1.54) is 0 Å². The Morgan fingerprint density at radius 2 is 2.09 bits per heavy atom. The molecule has 5 nitrogen and oxygen atoms in total. The predicted molar refractivity (Wildman–Crippen MR) is 91.9 cm³/mol. The third-order valence-electron chi connectivity index (χ3n) is 3.52. The van der Waals surface area contributed by atoms with Gasteiger partial charge in [0.05, 0.1) is 19.5 Å². The maximum atomic E-state index is 5.93. The van der Waals surface area contributed by atoms with Crippen molar-refractivity contribution >= 4 is 0 Å². The van der Waals surface area contributed by atoms with Crippen LogP contribution in [0.25, 0.3) is 0 Å². The molecule has 1 N–H and O–H groups in total. The van der Waals surface area contributed by atoms with E-state index in [0.29, 0.717) is 5.92 Å². The van der Waals surface area contributed by atoms with Gasteiger partial charge in [-0.25, -0.2) is 4.98 Å². The second kappa shape index (κ2) is 8.58. The van der Waals surface area contributed by atoms with Crippen molar-refractivity contribution in [2.75, 3.05) is 13.7 Å². The van der Waals surface area contributed by atoms with Crippen molar-refractivity contribution in [2.24, 2.45) is 5.92 Å². The fourth-order valence-corrected chi connectivity index (χ4v) is 2.50. The van der Waals surface area contributed by atoms with Gasteiger partial charge in [0.1, 0.15) is 0 Å². The Hall–Kier alpha value is -2.01.